The Morgan fingerprint density at radius 2 is 2.00 bits per heavy atom. The van der Waals surface area contributed by atoms with E-state index in [1.807, 2.05) is 0 Å². The lowest BCUT2D eigenvalue weighted by Crippen LogP contribution is -2.21. The highest BCUT2D eigenvalue weighted by Gasteiger charge is 2.11. The Labute approximate surface area is 95.0 Å². The molecule has 0 aliphatic rings. The van der Waals surface area contributed by atoms with E-state index in [4.69, 9.17) is 4.74 Å². The van der Waals surface area contributed by atoms with Crippen LogP contribution in [0, 0.1) is 5.92 Å². The van der Waals surface area contributed by atoms with E-state index >= 15 is 0 Å². The Bertz CT molecular complexity index is 247. The fraction of sp³-hybridized carbons (Fsp3) is 0.636. The fourth-order valence-corrected chi connectivity index (χ4v) is 0.783. The third-order valence-corrected chi connectivity index (χ3v) is 1.75. The molecule has 92 valence electrons. The van der Waals surface area contributed by atoms with Gasteiger partial charge in [0.15, 0.2) is 0 Å². The standard InChI is InChI=1S/C11H18O5/c1-4-10(13)16-7-9(12)5-6-15-11(14)8(2)3/h4,8-9,12H,1,5-7H2,2-3H3. The molecular weight excluding hydrogens is 212 g/mol. The molecule has 1 N–H and O–H groups in total. The lowest BCUT2D eigenvalue weighted by Gasteiger charge is -2.11. The van der Waals surface area contributed by atoms with Gasteiger partial charge in [-0.3, -0.25) is 4.79 Å². The first-order valence-corrected chi connectivity index (χ1v) is 5.11. The molecule has 0 aromatic carbocycles. The molecule has 1 atom stereocenters. The van der Waals surface area contributed by atoms with Gasteiger partial charge in [-0.2, -0.15) is 0 Å². The van der Waals surface area contributed by atoms with Gasteiger partial charge < -0.3 is 14.6 Å². The summed E-state index contributed by atoms with van der Waals surface area (Å²) in [5, 5.41) is 9.34. The number of aliphatic hydroxyl groups is 1. The van der Waals surface area contributed by atoms with Gasteiger partial charge in [0, 0.05) is 12.5 Å². The van der Waals surface area contributed by atoms with Gasteiger partial charge >= 0.3 is 11.9 Å². The van der Waals surface area contributed by atoms with E-state index in [9.17, 15) is 14.7 Å². The molecule has 0 fully saturated rings. The van der Waals surface area contributed by atoms with Crippen LogP contribution in [0.4, 0.5) is 0 Å². The summed E-state index contributed by atoms with van der Waals surface area (Å²) in [7, 11) is 0. The smallest absolute Gasteiger partial charge is 0.330 e. The van der Waals surface area contributed by atoms with Crippen LogP contribution in [0.1, 0.15) is 20.3 Å². The molecule has 16 heavy (non-hydrogen) atoms. The number of rotatable bonds is 7. The summed E-state index contributed by atoms with van der Waals surface area (Å²) in [4.78, 5) is 21.7. The summed E-state index contributed by atoms with van der Waals surface area (Å²) in [6.45, 7) is 6.67. The van der Waals surface area contributed by atoms with Crippen LogP contribution >= 0.6 is 0 Å². The predicted octanol–water partition coefficient (Wildman–Crippen LogP) is 0.666. The van der Waals surface area contributed by atoms with E-state index in [0.717, 1.165) is 6.08 Å². The van der Waals surface area contributed by atoms with E-state index in [1.165, 1.54) is 0 Å². The molecule has 0 saturated heterocycles. The van der Waals surface area contributed by atoms with Crippen LogP contribution < -0.4 is 0 Å². The molecule has 0 amide bonds. The van der Waals surface area contributed by atoms with Crippen molar-refractivity contribution in [2.24, 2.45) is 5.92 Å². The van der Waals surface area contributed by atoms with Gasteiger partial charge in [-0.15, -0.1) is 0 Å². The van der Waals surface area contributed by atoms with Crippen molar-refractivity contribution in [3.05, 3.63) is 12.7 Å². The minimum absolute atomic E-state index is 0.115. The average Bonchev–Trinajstić information content (AvgIpc) is 2.25. The van der Waals surface area contributed by atoms with Crippen LogP contribution in [0.25, 0.3) is 0 Å². The Morgan fingerprint density at radius 1 is 1.38 bits per heavy atom. The van der Waals surface area contributed by atoms with Crippen molar-refractivity contribution in [3.8, 4) is 0 Å². The van der Waals surface area contributed by atoms with Crippen LogP contribution in [0.15, 0.2) is 12.7 Å². The first-order chi connectivity index (χ1) is 7.47. The fourth-order valence-electron chi connectivity index (χ4n) is 0.783. The second kappa shape index (κ2) is 7.87. The zero-order chi connectivity index (χ0) is 12.6. The monoisotopic (exact) mass is 230 g/mol. The van der Waals surface area contributed by atoms with Gasteiger partial charge in [0.1, 0.15) is 6.61 Å². The number of hydrogen-bond donors (Lipinski definition) is 1. The highest BCUT2D eigenvalue weighted by atomic mass is 16.5. The molecular formula is C11H18O5. The molecule has 1 unspecified atom stereocenters. The largest absolute Gasteiger partial charge is 0.465 e. The van der Waals surface area contributed by atoms with Gasteiger partial charge in [-0.05, 0) is 0 Å². The number of ether oxygens (including phenoxy) is 2. The first-order valence-electron chi connectivity index (χ1n) is 5.11. The quantitative estimate of drug-likeness (QED) is 0.514. The van der Waals surface area contributed by atoms with Crippen molar-refractivity contribution < 1.29 is 24.2 Å². The number of hydrogen-bond acceptors (Lipinski definition) is 5. The normalized spacial score (nSPS) is 12.0. The van der Waals surface area contributed by atoms with Gasteiger partial charge in [0.2, 0.25) is 0 Å². The maximum atomic E-state index is 11.0. The molecule has 0 saturated carbocycles. The Kier molecular flexibility index (Phi) is 7.20. The average molecular weight is 230 g/mol. The summed E-state index contributed by atoms with van der Waals surface area (Å²) in [5.74, 6) is -1.08. The topological polar surface area (TPSA) is 72.8 Å². The van der Waals surface area contributed by atoms with Gasteiger partial charge in [0.05, 0.1) is 18.6 Å². The second-order valence-corrected chi connectivity index (χ2v) is 3.60. The minimum atomic E-state index is -0.830. The third kappa shape index (κ3) is 7.00. The molecule has 0 rings (SSSR count). The molecule has 0 aliphatic heterocycles. The Morgan fingerprint density at radius 3 is 2.50 bits per heavy atom. The van der Waals surface area contributed by atoms with Crippen molar-refractivity contribution in [3.63, 3.8) is 0 Å². The summed E-state index contributed by atoms with van der Waals surface area (Å²) >= 11 is 0. The van der Waals surface area contributed by atoms with Crippen LogP contribution in [0.3, 0.4) is 0 Å². The number of carbonyl (C=O) groups excluding carboxylic acids is 2. The van der Waals surface area contributed by atoms with Crippen LogP contribution in [-0.4, -0.2) is 36.4 Å². The summed E-state index contributed by atoms with van der Waals surface area (Å²) in [6, 6.07) is 0. The molecule has 0 bridgehead atoms. The molecule has 0 aromatic rings. The SMILES string of the molecule is C=CC(=O)OCC(O)CCOC(=O)C(C)C. The summed E-state index contributed by atoms with van der Waals surface area (Å²) in [6.07, 6.45) is 0.429. The minimum Gasteiger partial charge on any atom is -0.465 e. The lowest BCUT2D eigenvalue weighted by molar-refractivity contribution is -0.149. The van der Waals surface area contributed by atoms with Crippen molar-refractivity contribution in [2.45, 2.75) is 26.4 Å². The molecule has 0 heterocycles. The van der Waals surface area contributed by atoms with Crippen molar-refractivity contribution >= 4 is 11.9 Å². The van der Waals surface area contributed by atoms with E-state index in [2.05, 4.69) is 11.3 Å². The molecule has 5 nitrogen and oxygen atoms in total. The third-order valence-electron chi connectivity index (χ3n) is 1.75. The molecule has 0 spiro atoms. The predicted molar refractivity (Wildman–Crippen MR) is 57.6 cm³/mol. The molecule has 0 aromatic heterocycles. The van der Waals surface area contributed by atoms with E-state index in [0.29, 0.717) is 0 Å². The highest BCUT2D eigenvalue weighted by molar-refractivity contribution is 5.81. The summed E-state index contributed by atoms with van der Waals surface area (Å²) in [5.41, 5.74) is 0. The molecule has 0 aliphatic carbocycles. The van der Waals surface area contributed by atoms with Gasteiger partial charge in [-0.1, -0.05) is 20.4 Å². The lowest BCUT2D eigenvalue weighted by atomic mass is 10.2. The maximum Gasteiger partial charge on any atom is 0.330 e. The number of aliphatic hydroxyl groups excluding tert-OH is 1. The van der Waals surface area contributed by atoms with Crippen molar-refractivity contribution in [1.82, 2.24) is 0 Å². The molecule has 0 radical (unpaired) electrons. The zero-order valence-electron chi connectivity index (χ0n) is 9.64. The van der Waals surface area contributed by atoms with E-state index in [1.54, 1.807) is 13.8 Å². The Balaban J connectivity index is 3.58. The second-order valence-electron chi connectivity index (χ2n) is 3.60. The maximum absolute atomic E-state index is 11.0. The highest BCUT2D eigenvalue weighted by Crippen LogP contribution is 1.99. The van der Waals surface area contributed by atoms with Crippen LogP contribution in [0.2, 0.25) is 0 Å². The van der Waals surface area contributed by atoms with Crippen LogP contribution in [-0.2, 0) is 19.1 Å². The number of carbonyl (C=O) groups is 2. The summed E-state index contributed by atoms with van der Waals surface area (Å²) < 4.78 is 9.46. The zero-order valence-corrected chi connectivity index (χ0v) is 9.64. The van der Waals surface area contributed by atoms with E-state index < -0.39 is 12.1 Å². The van der Waals surface area contributed by atoms with E-state index in [-0.39, 0.29) is 31.5 Å². The van der Waals surface area contributed by atoms with Crippen LogP contribution in [0.5, 0.6) is 0 Å². The number of esters is 2. The van der Waals surface area contributed by atoms with Gasteiger partial charge in [0.25, 0.3) is 0 Å². The Hall–Kier alpha value is -1.36. The van der Waals surface area contributed by atoms with Crippen molar-refractivity contribution in [1.29, 1.82) is 0 Å². The first kappa shape index (κ1) is 14.6. The molecule has 5 heteroatoms. The van der Waals surface area contributed by atoms with Crippen molar-refractivity contribution in [2.75, 3.05) is 13.2 Å². The van der Waals surface area contributed by atoms with Gasteiger partial charge in [-0.25, -0.2) is 4.79 Å².